The quantitative estimate of drug-likeness (QED) is 0.409. The number of fused-ring (bicyclic) bond motifs is 1. The minimum Gasteiger partial charge on any atom is -1.00 e. The average molecular weight is 362 g/mol. The molecule has 7 heteroatoms. The molecule has 3 rings (SSSR count). The summed E-state index contributed by atoms with van der Waals surface area (Å²) in [7, 11) is 1.64. The van der Waals surface area contributed by atoms with Gasteiger partial charge in [-0.05, 0) is 37.0 Å². The van der Waals surface area contributed by atoms with Crippen molar-refractivity contribution in [1.29, 1.82) is 0 Å². The van der Waals surface area contributed by atoms with Gasteiger partial charge in [-0.1, -0.05) is 11.2 Å². The summed E-state index contributed by atoms with van der Waals surface area (Å²) in [5, 5.41) is 23.1. The van der Waals surface area contributed by atoms with Crippen molar-refractivity contribution < 1.29 is 32.1 Å². The number of carbonyl (C=O) groups is 1. The lowest BCUT2D eigenvalue weighted by Crippen LogP contribution is -3.00. The summed E-state index contributed by atoms with van der Waals surface area (Å²) in [6, 6.07) is 7.40. The first-order valence-corrected chi connectivity index (χ1v) is 7.80. The van der Waals surface area contributed by atoms with Crippen molar-refractivity contribution in [1.82, 2.24) is 0 Å². The highest BCUT2D eigenvalue weighted by atomic mass is 35.5. The highest BCUT2D eigenvalue weighted by molar-refractivity contribution is 6.09. The maximum Gasteiger partial charge on any atom is 0.292 e. The van der Waals surface area contributed by atoms with E-state index in [1.807, 2.05) is 43.6 Å². The highest BCUT2D eigenvalue weighted by Crippen LogP contribution is 2.40. The first-order valence-electron chi connectivity index (χ1n) is 7.80. The minimum absolute atomic E-state index is 0. The van der Waals surface area contributed by atoms with Crippen LogP contribution in [0.25, 0.3) is 0 Å². The molecule has 0 radical (unpaired) electrons. The maximum atomic E-state index is 12.5. The number of nitrogens with zero attached hydrogens (tertiary/aromatic N) is 3. The van der Waals surface area contributed by atoms with Crippen LogP contribution in [-0.4, -0.2) is 29.0 Å². The number of anilines is 1. The summed E-state index contributed by atoms with van der Waals surface area (Å²) in [5.41, 5.74) is 3.40. The summed E-state index contributed by atoms with van der Waals surface area (Å²) >= 11 is 0. The summed E-state index contributed by atoms with van der Waals surface area (Å²) < 4.78 is 1.77. The number of phenols is 1. The Morgan fingerprint density at radius 3 is 2.60 bits per heavy atom. The van der Waals surface area contributed by atoms with E-state index in [1.165, 1.54) is 4.90 Å². The molecule has 1 aromatic carbocycles. The molecule has 1 heterocycles. The first kappa shape index (κ1) is 18.7. The van der Waals surface area contributed by atoms with Gasteiger partial charge in [-0.25, -0.2) is 0 Å². The number of benzene rings is 1. The summed E-state index contributed by atoms with van der Waals surface area (Å²) in [6.07, 6.45) is 4.94. The fraction of sp³-hybridized carbons (Fsp3) is 0.278. The van der Waals surface area contributed by atoms with E-state index in [0.29, 0.717) is 23.4 Å². The predicted molar refractivity (Wildman–Crippen MR) is 89.5 cm³/mol. The maximum absolute atomic E-state index is 12.5. The van der Waals surface area contributed by atoms with Gasteiger partial charge in [0.2, 0.25) is 6.54 Å². The monoisotopic (exact) mass is 361 g/mol. The van der Waals surface area contributed by atoms with Crippen LogP contribution in [0.1, 0.15) is 23.1 Å². The number of aromatic nitrogens is 1. The van der Waals surface area contributed by atoms with Gasteiger partial charge < -0.3 is 27.6 Å². The molecule has 2 aromatic rings. The summed E-state index contributed by atoms with van der Waals surface area (Å²) in [5.74, 6) is -0.156. The lowest BCUT2D eigenvalue weighted by Gasteiger charge is -2.20. The Morgan fingerprint density at radius 1 is 1.28 bits per heavy atom. The number of aryl methyl sites for hydroxylation is 1. The Bertz CT molecular complexity index is 822. The molecule has 0 atom stereocenters. The Morgan fingerprint density at radius 2 is 1.96 bits per heavy atom. The van der Waals surface area contributed by atoms with E-state index in [2.05, 4.69) is 5.16 Å². The van der Waals surface area contributed by atoms with Crippen LogP contribution in [0.2, 0.25) is 0 Å². The molecule has 0 fully saturated rings. The number of phenolic OH excluding ortho intramolecular Hbond substituents is 1. The molecule has 0 unspecified atom stereocenters. The minimum atomic E-state index is -0.152. The number of aromatic hydroxyl groups is 1. The van der Waals surface area contributed by atoms with Gasteiger partial charge in [-0.2, -0.15) is 4.57 Å². The molecule has 2 N–H and O–H groups in total. The van der Waals surface area contributed by atoms with Crippen molar-refractivity contribution in [3.05, 3.63) is 53.3 Å². The van der Waals surface area contributed by atoms with Gasteiger partial charge in [-0.3, -0.25) is 4.79 Å². The van der Waals surface area contributed by atoms with Gasteiger partial charge in [0.15, 0.2) is 12.4 Å². The second-order valence-corrected chi connectivity index (χ2v) is 5.96. The number of oxime groups is 1. The fourth-order valence-corrected chi connectivity index (χ4v) is 3.12. The molecule has 1 aliphatic rings. The Balaban J connectivity index is 0.00000225. The second-order valence-electron chi connectivity index (χ2n) is 5.96. The second kappa shape index (κ2) is 7.53. The van der Waals surface area contributed by atoms with Crippen LogP contribution in [0.5, 0.6) is 5.75 Å². The third-order valence-corrected chi connectivity index (χ3v) is 4.46. The molecule has 0 bridgehead atoms. The van der Waals surface area contributed by atoms with E-state index in [4.69, 9.17) is 5.21 Å². The Kier molecular flexibility index (Phi) is 5.64. The topological polar surface area (TPSA) is 77.0 Å². The molecule has 132 valence electrons. The van der Waals surface area contributed by atoms with Crippen molar-refractivity contribution >= 4 is 17.3 Å². The predicted octanol–water partition coefficient (Wildman–Crippen LogP) is -1.22. The number of carbonyl (C=O) groups excluding carboxylic acids is 1. The zero-order chi connectivity index (χ0) is 17.3. The standard InChI is InChI=1S/C18H19N3O3.ClH/c1-12-10-15(18(23)17-13(12)6-7-14(17)19-24)20(2)16(22)11-21-8-4-3-5-9-21;/h3-5,8-10H,6-7,11H2,1-2H3,(H-,19,23,24);1H. The van der Waals surface area contributed by atoms with Crippen molar-refractivity contribution in [2.24, 2.45) is 5.16 Å². The molecule has 0 spiro atoms. The van der Waals surface area contributed by atoms with E-state index >= 15 is 0 Å². The number of rotatable bonds is 3. The van der Waals surface area contributed by atoms with Crippen LogP contribution in [0, 0.1) is 6.92 Å². The largest absolute Gasteiger partial charge is 1.00 e. The van der Waals surface area contributed by atoms with E-state index in [1.54, 1.807) is 11.6 Å². The molecule has 0 saturated heterocycles. The molecule has 1 aliphatic carbocycles. The molecule has 0 saturated carbocycles. The zero-order valence-corrected chi connectivity index (χ0v) is 14.9. The number of halogens is 1. The number of hydrogen-bond acceptors (Lipinski definition) is 4. The number of likely N-dealkylation sites (N-methyl/N-ethyl adjacent to an activating group) is 1. The van der Waals surface area contributed by atoms with E-state index in [9.17, 15) is 9.90 Å². The summed E-state index contributed by atoms with van der Waals surface area (Å²) in [6.45, 7) is 2.11. The van der Waals surface area contributed by atoms with Crippen molar-refractivity contribution in [2.45, 2.75) is 26.3 Å². The van der Waals surface area contributed by atoms with Crippen LogP contribution < -0.4 is 21.9 Å². The molecular weight excluding hydrogens is 342 g/mol. The number of hydrogen-bond donors (Lipinski definition) is 2. The van der Waals surface area contributed by atoms with E-state index in [-0.39, 0.29) is 30.6 Å². The van der Waals surface area contributed by atoms with Crippen LogP contribution in [0.4, 0.5) is 5.69 Å². The molecule has 1 amide bonds. The van der Waals surface area contributed by atoms with Crippen molar-refractivity contribution in [3.63, 3.8) is 0 Å². The smallest absolute Gasteiger partial charge is 0.292 e. The third kappa shape index (κ3) is 3.44. The van der Waals surface area contributed by atoms with Gasteiger partial charge in [0.05, 0.1) is 11.4 Å². The van der Waals surface area contributed by atoms with Crippen molar-refractivity contribution in [3.8, 4) is 5.75 Å². The lowest BCUT2D eigenvalue weighted by atomic mass is 10.0. The number of amides is 1. The molecular formula is C18H20ClN3O3. The van der Waals surface area contributed by atoms with Gasteiger partial charge >= 0.3 is 0 Å². The molecule has 6 nitrogen and oxygen atoms in total. The fourth-order valence-electron chi connectivity index (χ4n) is 3.12. The Labute approximate surface area is 152 Å². The number of pyridine rings is 1. The third-order valence-electron chi connectivity index (χ3n) is 4.46. The lowest BCUT2D eigenvalue weighted by molar-refractivity contribution is -0.684. The van der Waals surface area contributed by atoms with E-state index < -0.39 is 0 Å². The zero-order valence-electron chi connectivity index (χ0n) is 14.1. The van der Waals surface area contributed by atoms with Crippen LogP contribution in [0.15, 0.2) is 41.8 Å². The van der Waals surface area contributed by atoms with Gasteiger partial charge in [0.1, 0.15) is 5.75 Å². The van der Waals surface area contributed by atoms with Gasteiger partial charge in [0, 0.05) is 24.7 Å². The molecule has 0 aliphatic heterocycles. The average Bonchev–Trinajstić information content (AvgIpc) is 3.03. The van der Waals surface area contributed by atoms with Crippen LogP contribution in [0.3, 0.4) is 0 Å². The van der Waals surface area contributed by atoms with Gasteiger partial charge in [-0.15, -0.1) is 0 Å². The van der Waals surface area contributed by atoms with Crippen LogP contribution >= 0.6 is 0 Å². The SMILES string of the molecule is Cc1cc(N(C)C(=O)C[n+]2ccccc2)c(O)c2c1CCC2=NO.[Cl-]. The van der Waals surface area contributed by atoms with Crippen LogP contribution in [-0.2, 0) is 17.8 Å². The van der Waals surface area contributed by atoms with E-state index in [0.717, 1.165) is 17.5 Å². The highest BCUT2D eigenvalue weighted by Gasteiger charge is 2.29. The summed E-state index contributed by atoms with van der Waals surface area (Å²) in [4.78, 5) is 14.0. The normalized spacial score (nSPS) is 14.1. The Hall–Kier alpha value is -2.60. The van der Waals surface area contributed by atoms with Crippen molar-refractivity contribution in [2.75, 3.05) is 11.9 Å². The van der Waals surface area contributed by atoms with Gasteiger partial charge in [0.25, 0.3) is 5.91 Å². The molecule has 25 heavy (non-hydrogen) atoms. The molecule has 1 aromatic heterocycles. The first-order chi connectivity index (χ1) is 11.5.